The molecule has 1 fully saturated rings. The van der Waals surface area contributed by atoms with E-state index in [-0.39, 0.29) is 0 Å². The van der Waals surface area contributed by atoms with Crippen molar-refractivity contribution in [2.75, 3.05) is 0 Å². The van der Waals surface area contributed by atoms with Crippen molar-refractivity contribution in [1.29, 1.82) is 0 Å². The van der Waals surface area contributed by atoms with Crippen LogP contribution in [0.1, 0.15) is 33.1 Å². The summed E-state index contributed by atoms with van der Waals surface area (Å²) in [6.45, 7) is 4.87. The van der Waals surface area contributed by atoms with E-state index in [1.54, 1.807) is 4.44 Å². The van der Waals surface area contributed by atoms with Crippen molar-refractivity contribution >= 4 is 18.4 Å². The first-order valence-electron chi connectivity index (χ1n) is 5.29. The van der Waals surface area contributed by atoms with Crippen LogP contribution in [0.5, 0.6) is 0 Å². The third-order valence-corrected chi connectivity index (χ3v) is 8.12. The molecule has 1 heteroatoms. The van der Waals surface area contributed by atoms with E-state index in [0.717, 1.165) is 5.92 Å². The molecule has 0 spiro atoms. The van der Waals surface area contributed by atoms with Crippen LogP contribution >= 0.6 is 0 Å². The fraction of sp³-hybridized carbons (Fsp3) is 1.00. The van der Waals surface area contributed by atoms with Crippen molar-refractivity contribution in [2.24, 2.45) is 11.3 Å². The number of hydrogen-bond acceptors (Lipinski definition) is 0. The Morgan fingerprint density at radius 2 is 1.83 bits per heavy atom. The van der Waals surface area contributed by atoms with E-state index >= 15 is 0 Å². The third kappa shape index (κ3) is 3.67. The van der Waals surface area contributed by atoms with Gasteiger partial charge in [0, 0.05) is 0 Å². The van der Waals surface area contributed by atoms with Gasteiger partial charge in [0.25, 0.3) is 0 Å². The van der Waals surface area contributed by atoms with Crippen molar-refractivity contribution in [3.63, 3.8) is 0 Å². The van der Waals surface area contributed by atoms with E-state index in [9.17, 15) is 0 Å². The van der Waals surface area contributed by atoms with Crippen LogP contribution in [0.2, 0.25) is 19.3 Å². The van der Waals surface area contributed by atoms with Gasteiger partial charge in [-0.25, -0.2) is 0 Å². The Morgan fingerprint density at radius 3 is 2.17 bits per heavy atom. The van der Waals surface area contributed by atoms with Crippen LogP contribution in [-0.2, 0) is 0 Å². The first kappa shape index (κ1) is 10.9. The number of hydrogen-bond donors (Lipinski definition) is 0. The molecule has 0 aliphatic heterocycles. The maximum absolute atomic E-state index is 2.57. The van der Waals surface area contributed by atoms with Gasteiger partial charge in [0.2, 0.25) is 0 Å². The van der Waals surface area contributed by atoms with Gasteiger partial charge in [-0.1, -0.05) is 0 Å². The van der Waals surface area contributed by atoms with Crippen LogP contribution in [-0.4, -0.2) is 18.4 Å². The van der Waals surface area contributed by atoms with E-state index in [1.165, 1.54) is 19.3 Å². The average molecular weight is 275 g/mol. The Kier molecular flexibility index (Phi) is 3.18. The van der Waals surface area contributed by atoms with E-state index in [1.807, 2.05) is 0 Å². The van der Waals surface area contributed by atoms with Gasteiger partial charge >= 0.3 is 82.1 Å². The van der Waals surface area contributed by atoms with Gasteiger partial charge in [-0.3, -0.25) is 0 Å². The van der Waals surface area contributed by atoms with Crippen LogP contribution in [0.3, 0.4) is 0 Å². The van der Waals surface area contributed by atoms with Gasteiger partial charge in [0.05, 0.1) is 0 Å². The van der Waals surface area contributed by atoms with Crippen molar-refractivity contribution in [2.45, 2.75) is 52.4 Å². The first-order valence-corrected chi connectivity index (χ1v) is 15.9. The number of rotatable bonds is 2. The molecule has 0 nitrogen and oxygen atoms in total. The molecule has 1 rings (SSSR count). The Labute approximate surface area is 82.0 Å². The molecule has 1 saturated carbocycles. The quantitative estimate of drug-likeness (QED) is 0.664. The van der Waals surface area contributed by atoms with Crippen molar-refractivity contribution in [3.8, 4) is 0 Å². The topological polar surface area (TPSA) is 0 Å². The SMILES string of the molecule is CC1(C)CCC([CH2][Sn]([CH3])([CH3])[CH3])C1. The molecule has 1 unspecified atom stereocenters. The Hall–Kier alpha value is 0.799. The van der Waals surface area contributed by atoms with E-state index in [0.29, 0.717) is 5.41 Å². The van der Waals surface area contributed by atoms with Crippen molar-refractivity contribution in [1.82, 2.24) is 0 Å². The van der Waals surface area contributed by atoms with Crippen LogP contribution in [0.4, 0.5) is 0 Å². The van der Waals surface area contributed by atoms with Gasteiger partial charge in [-0.2, -0.15) is 0 Å². The summed E-state index contributed by atoms with van der Waals surface area (Å²) in [5, 5.41) is 0. The fourth-order valence-corrected chi connectivity index (χ4v) is 8.56. The molecular weight excluding hydrogens is 251 g/mol. The summed E-state index contributed by atoms with van der Waals surface area (Å²) in [5.41, 5.74) is 0.668. The van der Waals surface area contributed by atoms with Gasteiger partial charge in [0.15, 0.2) is 0 Å². The third-order valence-electron chi connectivity index (χ3n) is 2.97. The molecule has 0 bridgehead atoms. The standard InChI is InChI=1S/C8H15.3CH3.Sn/c1-7-4-5-8(2,3)6-7;;;;/h7H,1,4-6H2,2-3H3;3*1H3;. The maximum atomic E-state index is 2.57. The zero-order valence-electron chi connectivity index (χ0n) is 9.41. The van der Waals surface area contributed by atoms with Gasteiger partial charge < -0.3 is 0 Å². The second-order valence-corrected chi connectivity index (χ2v) is 22.3. The normalized spacial score (nSPS) is 29.2. The molecule has 1 aliphatic carbocycles. The fourth-order valence-electron chi connectivity index (χ4n) is 2.62. The second-order valence-electron chi connectivity index (χ2n) is 6.54. The summed E-state index contributed by atoms with van der Waals surface area (Å²) < 4.78 is 1.62. The van der Waals surface area contributed by atoms with Crippen LogP contribution in [0.25, 0.3) is 0 Å². The molecule has 0 heterocycles. The molecule has 0 amide bonds. The molecule has 0 aromatic carbocycles. The minimum atomic E-state index is -1.46. The predicted molar refractivity (Wildman–Crippen MR) is 59.3 cm³/mol. The van der Waals surface area contributed by atoms with Gasteiger partial charge in [-0.15, -0.1) is 0 Å². The average Bonchev–Trinajstić information content (AvgIpc) is 2.05. The molecule has 12 heavy (non-hydrogen) atoms. The summed E-state index contributed by atoms with van der Waals surface area (Å²) in [6, 6.07) is 0. The van der Waals surface area contributed by atoms with E-state index in [4.69, 9.17) is 0 Å². The molecule has 0 aromatic heterocycles. The second kappa shape index (κ2) is 3.51. The van der Waals surface area contributed by atoms with Crippen molar-refractivity contribution < 1.29 is 0 Å². The Balaban J connectivity index is 2.39. The summed E-state index contributed by atoms with van der Waals surface area (Å²) in [6.07, 6.45) is 4.49. The summed E-state index contributed by atoms with van der Waals surface area (Å²) in [5.74, 6) is 1.09. The molecule has 0 aromatic rings. The molecular formula is C11H24Sn. The molecule has 0 N–H and O–H groups in total. The van der Waals surface area contributed by atoms with Crippen LogP contribution in [0.15, 0.2) is 0 Å². The monoisotopic (exact) mass is 276 g/mol. The van der Waals surface area contributed by atoms with E-state index < -0.39 is 18.4 Å². The molecule has 1 aliphatic rings. The zero-order valence-corrected chi connectivity index (χ0v) is 12.3. The van der Waals surface area contributed by atoms with E-state index in [2.05, 4.69) is 28.7 Å². The van der Waals surface area contributed by atoms with Crippen LogP contribution < -0.4 is 0 Å². The predicted octanol–water partition coefficient (Wildman–Crippen LogP) is 4.15. The van der Waals surface area contributed by atoms with Gasteiger partial charge in [0.1, 0.15) is 0 Å². The van der Waals surface area contributed by atoms with Crippen LogP contribution in [0, 0.1) is 11.3 Å². The van der Waals surface area contributed by atoms with Gasteiger partial charge in [-0.05, 0) is 0 Å². The molecule has 0 radical (unpaired) electrons. The molecule has 72 valence electrons. The zero-order chi connectivity index (χ0) is 9.41. The molecule has 0 saturated heterocycles. The summed E-state index contributed by atoms with van der Waals surface area (Å²) >= 11 is -1.46. The summed E-state index contributed by atoms with van der Waals surface area (Å²) in [4.78, 5) is 7.71. The Bertz CT molecular complexity index is 153. The van der Waals surface area contributed by atoms with Crippen molar-refractivity contribution in [3.05, 3.63) is 0 Å². The summed E-state index contributed by atoms with van der Waals surface area (Å²) in [7, 11) is 0. The minimum absolute atomic E-state index is 0.668. The molecule has 1 atom stereocenters. The Morgan fingerprint density at radius 1 is 1.25 bits per heavy atom. The first-order chi connectivity index (χ1) is 5.29.